The normalized spacial score (nSPS) is 24.1. The number of aryl methyl sites for hydroxylation is 2. The minimum absolute atomic E-state index is 0.00435. The van der Waals surface area contributed by atoms with E-state index in [-0.39, 0.29) is 23.5 Å². The third-order valence-corrected chi connectivity index (χ3v) is 9.72. The van der Waals surface area contributed by atoms with E-state index in [9.17, 15) is 18.0 Å². The van der Waals surface area contributed by atoms with Crippen LogP contribution in [0.25, 0.3) is 0 Å². The number of ether oxygens (including phenoxy) is 1. The number of benzene rings is 1. The third-order valence-electron chi connectivity index (χ3n) is 7.85. The molecule has 1 saturated heterocycles. The number of anilines is 1. The second-order valence-electron chi connectivity index (χ2n) is 10.6. The molecule has 1 aromatic carbocycles. The van der Waals surface area contributed by atoms with Crippen LogP contribution in [0.2, 0.25) is 0 Å². The van der Waals surface area contributed by atoms with Crippen molar-refractivity contribution in [3.05, 3.63) is 29.3 Å². The van der Waals surface area contributed by atoms with Crippen molar-refractivity contribution in [3.8, 4) is 0 Å². The standard InChI is InChI=1S/C27H40N4O5S/c1-4-16-36-24-9-6-22(7-10-24)25-29-26(33)27(30-25)12-14-31(15-13-27)37(34,35)17-11-21-5-8-23(18-19(21)2)28-20(3)32/h5,8,18,22,24H,4,6-7,9-17H2,1-3H3,(H,28,32)(H,29,30,33). The fourth-order valence-electron chi connectivity index (χ4n) is 5.62. The van der Waals surface area contributed by atoms with Gasteiger partial charge >= 0.3 is 0 Å². The van der Waals surface area contributed by atoms with Gasteiger partial charge in [-0.1, -0.05) is 13.0 Å². The molecule has 1 aromatic rings. The maximum absolute atomic E-state index is 13.1. The zero-order chi connectivity index (χ0) is 26.6. The summed E-state index contributed by atoms with van der Waals surface area (Å²) in [6.07, 6.45) is 6.39. The Balaban J connectivity index is 1.31. The molecule has 1 saturated carbocycles. The highest BCUT2D eigenvalue weighted by Gasteiger charge is 2.48. The van der Waals surface area contributed by atoms with E-state index in [2.05, 4.69) is 17.6 Å². The number of hydrogen-bond donors (Lipinski definition) is 2. The molecule has 2 amide bonds. The number of amides is 2. The van der Waals surface area contributed by atoms with Crippen LogP contribution >= 0.6 is 0 Å². The molecular formula is C27H40N4O5S. The molecule has 37 heavy (non-hydrogen) atoms. The largest absolute Gasteiger partial charge is 0.378 e. The number of nitrogens with one attached hydrogen (secondary N) is 2. The summed E-state index contributed by atoms with van der Waals surface area (Å²) < 4.78 is 33.6. The summed E-state index contributed by atoms with van der Waals surface area (Å²) in [5.41, 5.74) is 1.73. The molecule has 2 N–H and O–H groups in total. The minimum Gasteiger partial charge on any atom is -0.378 e. The van der Waals surface area contributed by atoms with Gasteiger partial charge in [0.05, 0.1) is 11.9 Å². The Morgan fingerprint density at radius 2 is 1.92 bits per heavy atom. The number of rotatable bonds is 9. The molecule has 9 nitrogen and oxygen atoms in total. The molecular weight excluding hydrogens is 492 g/mol. The molecule has 0 bridgehead atoms. The highest BCUT2D eigenvalue weighted by molar-refractivity contribution is 7.89. The summed E-state index contributed by atoms with van der Waals surface area (Å²) in [7, 11) is -3.47. The summed E-state index contributed by atoms with van der Waals surface area (Å²) in [6.45, 7) is 6.86. The van der Waals surface area contributed by atoms with E-state index in [1.807, 2.05) is 19.1 Å². The fraction of sp³-hybridized carbons (Fsp3) is 0.667. The lowest BCUT2D eigenvalue weighted by atomic mass is 9.86. The molecule has 204 valence electrons. The van der Waals surface area contributed by atoms with Crippen molar-refractivity contribution in [1.29, 1.82) is 0 Å². The number of sulfonamides is 1. The number of piperidine rings is 1. The van der Waals surface area contributed by atoms with Gasteiger partial charge in [0.2, 0.25) is 15.9 Å². The molecule has 2 fully saturated rings. The van der Waals surface area contributed by atoms with Gasteiger partial charge in [0.1, 0.15) is 11.4 Å². The monoisotopic (exact) mass is 532 g/mol. The van der Waals surface area contributed by atoms with E-state index in [4.69, 9.17) is 9.73 Å². The van der Waals surface area contributed by atoms with Crippen LogP contribution in [0.4, 0.5) is 5.69 Å². The van der Waals surface area contributed by atoms with E-state index in [1.165, 1.54) is 11.2 Å². The summed E-state index contributed by atoms with van der Waals surface area (Å²) in [4.78, 5) is 29.1. The zero-order valence-electron chi connectivity index (χ0n) is 22.2. The smallest absolute Gasteiger partial charge is 0.253 e. The van der Waals surface area contributed by atoms with Gasteiger partial charge in [0, 0.05) is 38.2 Å². The van der Waals surface area contributed by atoms with E-state index in [1.54, 1.807) is 6.07 Å². The Kier molecular flexibility index (Phi) is 8.70. The SMILES string of the molecule is CCCOC1CCC(C2=NC3(CCN(S(=O)(=O)CCc4ccc(NC(C)=O)cc4C)CC3)C(=O)N2)CC1. The first kappa shape index (κ1) is 27.7. The number of carbonyl (C=O) groups is 2. The van der Waals surface area contributed by atoms with Crippen molar-refractivity contribution in [2.45, 2.75) is 83.8 Å². The van der Waals surface area contributed by atoms with Gasteiger partial charge < -0.3 is 15.4 Å². The molecule has 1 spiro atoms. The van der Waals surface area contributed by atoms with Crippen LogP contribution in [-0.2, 0) is 30.8 Å². The van der Waals surface area contributed by atoms with Crippen LogP contribution in [-0.4, -0.2) is 67.5 Å². The van der Waals surface area contributed by atoms with E-state index >= 15 is 0 Å². The highest BCUT2D eigenvalue weighted by atomic mass is 32.2. The van der Waals surface area contributed by atoms with Crippen molar-refractivity contribution in [3.63, 3.8) is 0 Å². The first-order chi connectivity index (χ1) is 17.6. The van der Waals surface area contributed by atoms with Crippen molar-refractivity contribution in [2.75, 3.05) is 30.8 Å². The number of hydrogen-bond acceptors (Lipinski definition) is 6. The van der Waals surface area contributed by atoms with Crippen molar-refractivity contribution in [2.24, 2.45) is 10.9 Å². The molecule has 3 aliphatic rings. The number of amidine groups is 1. The highest BCUT2D eigenvalue weighted by Crippen LogP contribution is 2.35. The zero-order valence-corrected chi connectivity index (χ0v) is 23.0. The molecule has 0 aromatic heterocycles. The molecule has 1 aliphatic carbocycles. The summed E-state index contributed by atoms with van der Waals surface area (Å²) >= 11 is 0. The van der Waals surface area contributed by atoms with Gasteiger partial charge in [-0.2, -0.15) is 0 Å². The molecule has 2 aliphatic heterocycles. The minimum atomic E-state index is -3.47. The topological polar surface area (TPSA) is 117 Å². The Morgan fingerprint density at radius 1 is 1.22 bits per heavy atom. The van der Waals surface area contributed by atoms with Gasteiger partial charge in [-0.25, -0.2) is 12.7 Å². The molecule has 0 radical (unpaired) electrons. The fourth-order valence-corrected chi connectivity index (χ4v) is 7.10. The lowest BCUT2D eigenvalue weighted by Gasteiger charge is -2.34. The van der Waals surface area contributed by atoms with Crippen LogP contribution in [0.1, 0.15) is 69.9 Å². The first-order valence-corrected chi connectivity index (χ1v) is 15.1. The maximum atomic E-state index is 13.1. The van der Waals surface area contributed by atoms with E-state index < -0.39 is 15.6 Å². The first-order valence-electron chi connectivity index (χ1n) is 13.5. The Bertz CT molecular complexity index is 1130. The molecule has 2 heterocycles. The van der Waals surface area contributed by atoms with Crippen molar-refractivity contribution in [1.82, 2.24) is 9.62 Å². The van der Waals surface area contributed by atoms with Crippen LogP contribution in [0.3, 0.4) is 0 Å². The maximum Gasteiger partial charge on any atom is 0.253 e. The third kappa shape index (κ3) is 6.59. The van der Waals surface area contributed by atoms with Gasteiger partial charge in [-0.05, 0) is 81.5 Å². The lowest BCUT2D eigenvalue weighted by Crippen LogP contribution is -2.51. The van der Waals surface area contributed by atoms with Gasteiger partial charge in [-0.15, -0.1) is 0 Å². The van der Waals surface area contributed by atoms with Crippen molar-refractivity contribution < 1.29 is 22.7 Å². The van der Waals surface area contributed by atoms with Crippen LogP contribution in [0.15, 0.2) is 23.2 Å². The van der Waals surface area contributed by atoms with Crippen LogP contribution in [0, 0.1) is 12.8 Å². The lowest BCUT2D eigenvalue weighted by molar-refractivity contribution is -0.125. The number of carbonyl (C=O) groups excluding carboxylic acids is 2. The Hall–Kier alpha value is -2.30. The van der Waals surface area contributed by atoms with Crippen LogP contribution < -0.4 is 10.6 Å². The van der Waals surface area contributed by atoms with Crippen LogP contribution in [0.5, 0.6) is 0 Å². The molecule has 10 heteroatoms. The van der Waals surface area contributed by atoms with Gasteiger partial charge in [-0.3, -0.25) is 14.6 Å². The summed E-state index contributed by atoms with van der Waals surface area (Å²) in [5.74, 6) is 0.804. The second-order valence-corrected chi connectivity index (χ2v) is 12.7. The molecule has 4 rings (SSSR count). The predicted molar refractivity (Wildman–Crippen MR) is 144 cm³/mol. The quantitative estimate of drug-likeness (QED) is 0.507. The van der Waals surface area contributed by atoms with Gasteiger partial charge in [0.15, 0.2) is 0 Å². The average Bonchev–Trinajstić information content (AvgIpc) is 3.17. The molecule has 0 unspecified atom stereocenters. The number of aliphatic imine (C=N–C) groups is 1. The van der Waals surface area contributed by atoms with E-state index in [0.717, 1.165) is 55.7 Å². The molecule has 0 atom stereocenters. The predicted octanol–water partition coefficient (Wildman–Crippen LogP) is 3.17. The van der Waals surface area contributed by atoms with Crippen molar-refractivity contribution >= 4 is 33.4 Å². The Morgan fingerprint density at radius 3 is 2.54 bits per heavy atom. The van der Waals surface area contributed by atoms with E-state index in [0.29, 0.717) is 44.1 Å². The van der Waals surface area contributed by atoms with Gasteiger partial charge in [0.25, 0.3) is 5.91 Å². The summed E-state index contributed by atoms with van der Waals surface area (Å²) in [5, 5.41) is 5.78. The number of nitrogens with zero attached hydrogens (tertiary/aromatic N) is 2. The second kappa shape index (κ2) is 11.6. The average molecular weight is 533 g/mol. The Labute approximate surface area is 220 Å². The summed E-state index contributed by atoms with van der Waals surface area (Å²) in [6, 6.07) is 5.51.